The highest BCUT2D eigenvalue weighted by Crippen LogP contribution is 2.60. The molecule has 3 aliphatic rings. The zero-order valence-corrected chi connectivity index (χ0v) is 17.2. The van der Waals surface area contributed by atoms with Crippen LogP contribution in [0.3, 0.4) is 0 Å². The van der Waals surface area contributed by atoms with Crippen molar-refractivity contribution < 1.29 is 0 Å². The van der Waals surface area contributed by atoms with Crippen molar-refractivity contribution in [3.8, 4) is 0 Å². The highest BCUT2D eigenvalue weighted by Gasteiger charge is 2.49. The standard InChI is InChI=1S/C20H28.2C2H6/c1-4-16(3)19-10-13-20(14-11-19,15-12-19)18-8-6-17(5-2)7-9-18;2*1-2/h6-9H,3-5,10-15H2,1-2H3;2*1-2H3. The van der Waals surface area contributed by atoms with Crippen LogP contribution in [0, 0.1) is 5.41 Å². The van der Waals surface area contributed by atoms with E-state index in [-0.39, 0.29) is 0 Å². The van der Waals surface area contributed by atoms with Gasteiger partial charge >= 0.3 is 0 Å². The van der Waals surface area contributed by atoms with Gasteiger partial charge in [0.15, 0.2) is 0 Å². The molecular weight excluding hydrogens is 288 g/mol. The van der Waals surface area contributed by atoms with Gasteiger partial charge in [-0.3, -0.25) is 0 Å². The third-order valence-corrected chi connectivity index (χ3v) is 6.40. The molecule has 0 aliphatic heterocycles. The van der Waals surface area contributed by atoms with Gasteiger partial charge in [-0.2, -0.15) is 0 Å². The van der Waals surface area contributed by atoms with Gasteiger partial charge in [-0.15, -0.1) is 0 Å². The molecule has 136 valence electrons. The average Bonchev–Trinajstić information content (AvgIpc) is 2.71. The summed E-state index contributed by atoms with van der Waals surface area (Å²) in [5.41, 5.74) is 5.57. The van der Waals surface area contributed by atoms with Crippen molar-refractivity contribution >= 4 is 0 Å². The van der Waals surface area contributed by atoms with Gasteiger partial charge in [-0.25, -0.2) is 0 Å². The van der Waals surface area contributed by atoms with Gasteiger partial charge in [0.25, 0.3) is 0 Å². The number of hydrogen-bond acceptors (Lipinski definition) is 0. The Morgan fingerprint density at radius 2 is 1.29 bits per heavy atom. The van der Waals surface area contributed by atoms with Crippen molar-refractivity contribution in [2.75, 3.05) is 0 Å². The molecule has 4 rings (SSSR count). The van der Waals surface area contributed by atoms with Crippen LogP contribution in [-0.2, 0) is 11.8 Å². The molecular formula is C24H40. The fourth-order valence-corrected chi connectivity index (χ4v) is 4.62. The molecule has 0 spiro atoms. The van der Waals surface area contributed by atoms with Gasteiger partial charge in [0, 0.05) is 0 Å². The lowest BCUT2D eigenvalue weighted by Gasteiger charge is -2.55. The van der Waals surface area contributed by atoms with Crippen molar-refractivity contribution in [3.05, 3.63) is 47.5 Å². The van der Waals surface area contributed by atoms with Crippen LogP contribution >= 0.6 is 0 Å². The number of allylic oxidation sites excluding steroid dienone is 1. The summed E-state index contributed by atoms with van der Waals surface area (Å²) < 4.78 is 0. The summed E-state index contributed by atoms with van der Waals surface area (Å²) in [4.78, 5) is 0. The predicted molar refractivity (Wildman–Crippen MR) is 110 cm³/mol. The summed E-state index contributed by atoms with van der Waals surface area (Å²) >= 11 is 0. The van der Waals surface area contributed by atoms with Gasteiger partial charge in [-0.05, 0) is 73.3 Å². The smallest absolute Gasteiger partial charge is 0.00460 e. The second kappa shape index (κ2) is 9.44. The zero-order chi connectivity index (χ0) is 18.2. The van der Waals surface area contributed by atoms with Gasteiger partial charge in [-0.1, -0.05) is 78.0 Å². The number of benzene rings is 1. The summed E-state index contributed by atoms with van der Waals surface area (Å²) in [6, 6.07) is 9.49. The topological polar surface area (TPSA) is 0 Å². The van der Waals surface area contributed by atoms with E-state index >= 15 is 0 Å². The number of aryl methyl sites for hydroxylation is 1. The van der Waals surface area contributed by atoms with E-state index in [2.05, 4.69) is 44.7 Å². The minimum Gasteiger partial charge on any atom is -0.0993 e. The molecule has 2 bridgehead atoms. The molecule has 24 heavy (non-hydrogen) atoms. The lowest BCUT2D eigenvalue weighted by molar-refractivity contribution is 0.0678. The molecule has 0 aromatic heterocycles. The first-order valence-corrected chi connectivity index (χ1v) is 10.4. The Morgan fingerprint density at radius 3 is 1.67 bits per heavy atom. The van der Waals surface area contributed by atoms with Crippen LogP contribution in [-0.4, -0.2) is 0 Å². The predicted octanol–water partition coefficient (Wildman–Crippen LogP) is 7.86. The lowest BCUT2D eigenvalue weighted by Crippen LogP contribution is -2.44. The van der Waals surface area contributed by atoms with Gasteiger partial charge in [0.1, 0.15) is 0 Å². The van der Waals surface area contributed by atoms with Gasteiger partial charge < -0.3 is 0 Å². The van der Waals surface area contributed by atoms with Crippen LogP contribution in [0.1, 0.15) is 97.6 Å². The first-order valence-electron chi connectivity index (χ1n) is 10.4. The van der Waals surface area contributed by atoms with Crippen molar-refractivity contribution in [2.45, 2.75) is 98.3 Å². The van der Waals surface area contributed by atoms with Crippen LogP contribution in [0.2, 0.25) is 0 Å². The van der Waals surface area contributed by atoms with E-state index in [1.807, 2.05) is 27.7 Å². The Labute approximate surface area is 151 Å². The van der Waals surface area contributed by atoms with Crippen LogP contribution in [0.4, 0.5) is 0 Å². The lowest BCUT2D eigenvalue weighted by atomic mass is 9.50. The molecule has 0 nitrogen and oxygen atoms in total. The summed E-state index contributed by atoms with van der Waals surface area (Å²) in [7, 11) is 0. The minimum atomic E-state index is 0.488. The van der Waals surface area contributed by atoms with E-state index in [1.54, 1.807) is 5.56 Å². The maximum absolute atomic E-state index is 4.38. The highest BCUT2D eigenvalue weighted by molar-refractivity contribution is 5.33. The van der Waals surface area contributed by atoms with E-state index < -0.39 is 0 Å². The molecule has 3 fully saturated rings. The van der Waals surface area contributed by atoms with E-state index in [0.717, 1.165) is 12.8 Å². The zero-order valence-electron chi connectivity index (χ0n) is 17.2. The maximum Gasteiger partial charge on any atom is -0.00460 e. The molecule has 0 heteroatoms. The first-order chi connectivity index (χ1) is 11.6. The third kappa shape index (κ3) is 3.95. The van der Waals surface area contributed by atoms with Gasteiger partial charge in [0.05, 0.1) is 0 Å². The van der Waals surface area contributed by atoms with Crippen LogP contribution < -0.4 is 0 Å². The second-order valence-corrected chi connectivity index (χ2v) is 7.07. The molecule has 1 aromatic carbocycles. The molecule has 3 saturated carbocycles. The Morgan fingerprint density at radius 1 is 0.833 bits per heavy atom. The maximum atomic E-state index is 4.38. The molecule has 0 heterocycles. The number of hydrogen-bond donors (Lipinski definition) is 0. The summed E-state index contributed by atoms with van der Waals surface area (Å²) in [6.07, 6.45) is 10.5. The monoisotopic (exact) mass is 328 g/mol. The molecule has 0 unspecified atom stereocenters. The average molecular weight is 329 g/mol. The Kier molecular flexibility index (Phi) is 8.27. The van der Waals surface area contributed by atoms with Crippen LogP contribution in [0.5, 0.6) is 0 Å². The Hall–Kier alpha value is -1.04. The highest BCUT2D eigenvalue weighted by atomic mass is 14.5. The molecule has 0 atom stereocenters. The summed E-state index contributed by atoms with van der Waals surface area (Å²) in [5.74, 6) is 0. The minimum absolute atomic E-state index is 0.488. The number of fused-ring (bicyclic) bond motifs is 3. The Balaban J connectivity index is 0.000000671. The first kappa shape index (κ1) is 21.0. The fraction of sp³-hybridized carbons (Fsp3) is 0.667. The third-order valence-electron chi connectivity index (χ3n) is 6.40. The molecule has 0 N–H and O–H groups in total. The molecule has 0 saturated heterocycles. The normalized spacial score (nSPS) is 27.4. The molecule has 1 aromatic rings. The quantitative estimate of drug-likeness (QED) is 0.493. The van der Waals surface area contributed by atoms with Crippen LogP contribution in [0.25, 0.3) is 0 Å². The Bertz CT molecular complexity index is 467. The molecule has 0 amide bonds. The van der Waals surface area contributed by atoms with Crippen molar-refractivity contribution in [1.82, 2.24) is 0 Å². The second-order valence-electron chi connectivity index (χ2n) is 7.07. The largest absolute Gasteiger partial charge is 0.0993 e. The van der Waals surface area contributed by atoms with E-state index in [4.69, 9.17) is 0 Å². The SMILES string of the molecule is C=C(CC)C12CCC(c3ccc(CC)cc3)(CC1)CC2.CC.CC. The number of rotatable bonds is 4. The summed E-state index contributed by atoms with van der Waals surface area (Å²) in [5, 5.41) is 0. The fourth-order valence-electron chi connectivity index (χ4n) is 4.62. The van der Waals surface area contributed by atoms with E-state index in [1.165, 1.54) is 49.7 Å². The molecule has 3 aliphatic carbocycles. The van der Waals surface area contributed by atoms with E-state index in [0.29, 0.717) is 10.8 Å². The molecule has 0 radical (unpaired) electrons. The van der Waals surface area contributed by atoms with Crippen LogP contribution in [0.15, 0.2) is 36.4 Å². The van der Waals surface area contributed by atoms with Crippen molar-refractivity contribution in [3.63, 3.8) is 0 Å². The van der Waals surface area contributed by atoms with Gasteiger partial charge in [0.2, 0.25) is 0 Å². The van der Waals surface area contributed by atoms with Crippen molar-refractivity contribution in [1.29, 1.82) is 0 Å². The van der Waals surface area contributed by atoms with E-state index in [9.17, 15) is 0 Å². The summed E-state index contributed by atoms with van der Waals surface area (Å²) in [6.45, 7) is 16.9. The van der Waals surface area contributed by atoms with Crippen molar-refractivity contribution in [2.24, 2.45) is 5.41 Å².